The second-order valence-corrected chi connectivity index (χ2v) is 4.23. The van der Waals surface area contributed by atoms with Crippen LogP contribution in [0.25, 0.3) is 0 Å². The zero-order valence-electron chi connectivity index (χ0n) is 10.1. The van der Waals surface area contributed by atoms with Crippen molar-refractivity contribution in [3.05, 3.63) is 12.1 Å². The lowest BCUT2D eigenvalue weighted by molar-refractivity contribution is -0.115. The number of rotatable bonds is 3. The molecule has 1 aromatic rings. The first-order chi connectivity index (χ1) is 8.29. The maximum Gasteiger partial charge on any atom is 0.225 e. The highest BCUT2D eigenvalue weighted by molar-refractivity contribution is 5.89. The van der Waals surface area contributed by atoms with Crippen LogP contribution in [-0.4, -0.2) is 29.2 Å². The van der Waals surface area contributed by atoms with E-state index in [0.717, 1.165) is 18.9 Å². The average Bonchev–Trinajstić information content (AvgIpc) is 2.40. The summed E-state index contributed by atoms with van der Waals surface area (Å²) in [5, 5.41) is 10.9. The van der Waals surface area contributed by atoms with E-state index in [4.69, 9.17) is 0 Å². The molecule has 17 heavy (non-hydrogen) atoms. The fourth-order valence-electron chi connectivity index (χ4n) is 1.91. The molecule has 1 fully saturated rings. The van der Waals surface area contributed by atoms with E-state index in [1.54, 1.807) is 0 Å². The fourth-order valence-corrected chi connectivity index (χ4v) is 1.91. The van der Waals surface area contributed by atoms with Crippen LogP contribution in [0.1, 0.15) is 32.6 Å². The normalized spacial score (nSPS) is 15.7. The van der Waals surface area contributed by atoms with Crippen molar-refractivity contribution in [1.82, 2.24) is 10.2 Å². The third kappa shape index (κ3) is 3.15. The number of nitrogens with one attached hydrogen (secondary N) is 1. The van der Waals surface area contributed by atoms with Gasteiger partial charge in [-0.3, -0.25) is 4.79 Å². The summed E-state index contributed by atoms with van der Waals surface area (Å²) in [7, 11) is 0. The summed E-state index contributed by atoms with van der Waals surface area (Å²) < 4.78 is 0. The van der Waals surface area contributed by atoms with Crippen molar-refractivity contribution in [3.63, 3.8) is 0 Å². The Labute approximate surface area is 101 Å². The zero-order valence-corrected chi connectivity index (χ0v) is 10.1. The van der Waals surface area contributed by atoms with Crippen LogP contribution in [0.4, 0.5) is 11.6 Å². The van der Waals surface area contributed by atoms with Gasteiger partial charge in [-0.05, 0) is 31.4 Å². The van der Waals surface area contributed by atoms with Gasteiger partial charge in [-0.2, -0.15) is 0 Å². The number of amides is 1. The van der Waals surface area contributed by atoms with Crippen molar-refractivity contribution in [1.29, 1.82) is 0 Å². The average molecular weight is 234 g/mol. The lowest BCUT2D eigenvalue weighted by Crippen LogP contribution is -2.30. The molecule has 1 amide bonds. The molecule has 0 atom stereocenters. The molecular weight excluding hydrogens is 216 g/mol. The molecule has 92 valence electrons. The van der Waals surface area contributed by atoms with E-state index >= 15 is 0 Å². The summed E-state index contributed by atoms with van der Waals surface area (Å²) in [6.45, 7) is 3.91. The second-order valence-electron chi connectivity index (χ2n) is 4.23. The Bertz CT molecular complexity index is 371. The van der Waals surface area contributed by atoms with Gasteiger partial charge >= 0.3 is 0 Å². The highest BCUT2D eigenvalue weighted by Gasteiger charge is 2.12. The summed E-state index contributed by atoms with van der Waals surface area (Å²) in [5.74, 6) is 1.39. The second kappa shape index (κ2) is 5.61. The fraction of sp³-hybridized carbons (Fsp3) is 0.583. The Balaban J connectivity index is 1.99. The number of hydrogen-bond donors (Lipinski definition) is 1. The Morgan fingerprint density at radius 2 is 2.06 bits per heavy atom. The molecule has 1 aromatic heterocycles. The number of aromatic nitrogens is 2. The number of carbonyl (C=O) groups is 1. The van der Waals surface area contributed by atoms with Crippen LogP contribution < -0.4 is 10.2 Å². The van der Waals surface area contributed by atoms with Gasteiger partial charge in [0, 0.05) is 19.5 Å². The van der Waals surface area contributed by atoms with Gasteiger partial charge in [0.2, 0.25) is 5.91 Å². The van der Waals surface area contributed by atoms with Gasteiger partial charge in [-0.1, -0.05) is 6.92 Å². The summed E-state index contributed by atoms with van der Waals surface area (Å²) in [4.78, 5) is 13.4. The first-order valence-electron chi connectivity index (χ1n) is 6.18. The van der Waals surface area contributed by atoms with Crippen LogP contribution in [-0.2, 0) is 4.79 Å². The molecule has 0 spiro atoms. The Morgan fingerprint density at radius 3 is 2.65 bits per heavy atom. The minimum absolute atomic E-state index is 0.0370. The van der Waals surface area contributed by atoms with Gasteiger partial charge in [0.15, 0.2) is 11.6 Å². The van der Waals surface area contributed by atoms with Crippen LogP contribution in [0, 0.1) is 0 Å². The number of anilines is 2. The SMILES string of the molecule is CCC(=O)Nc1ccc(N2CCCCC2)nn1. The van der Waals surface area contributed by atoms with Crippen LogP contribution in [0.15, 0.2) is 12.1 Å². The Kier molecular flexibility index (Phi) is 3.90. The first kappa shape index (κ1) is 11.8. The number of carbonyl (C=O) groups excluding carboxylic acids is 1. The Morgan fingerprint density at radius 1 is 1.29 bits per heavy atom. The predicted molar refractivity (Wildman–Crippen MR) is 67.0 cm³/mol. The molecule has 0 bridgehead atoms. The summed E-state index contributed by atoms with van der Waals surface area (Å²) in [6.07, 6.45) is 4.19. The highest BCUT2D eigenvalue weighted by Crippen LogP contribution is 2.17. The van der Waals surface area contributed by atoms with Crippen molar-refractivity contribution in [2.45, 2.75) is 32.6 Å². The molecule has 1 aliphatic rings. The molecule has 5 heteroatoms. The van der Waals surface area contributed by atoms with Crippen molar-refractivity contribution in [2.75, 3.05) is 23.3 Å². The molecule has 1 aliphatic heterocycles. The molecule has 0 unspecified atom stereocenters. The van der Waals surface area contributed by atoms with E-state index in [1.165, 1.54) is 19.3 Å². The van der Waals surface area contributed by atoms with E-state index in [1.807, 2.05) is 19.1 Å². The minimum Gasteiger partial charge on any atom is -0.355 e. The van der Waals surface area contributed by atoms with Gasteiger partial charge in [0.05, 0.1) is 0 Å². The van der Waals surface area contributed by atoms with Gasteiger partial charge in [0.1, 0.15) is 0 Å². The van der Waals surface area contributed by atoms with Crippen LogP contribution in [0.2, 0.25) is 0 Å². The lowest BCUT2D eigenvalue weighted by Gasteiger charge is -2.27. The van der Waals surface area contributed by atoms with E-state index in [9.17, 15) is 4.79 Å². The molecule has 1 saturated heterocycles. The summed E-state index contributed by atoms with van der Waals surface area (Å²) in [6, 6.07) is 3.73. The third-order valence-corrected chi connectivity index (χ3v) is 2.92. The molecule has 0 radical (unpaired) electrons. The molecule has 2 rings (SSSR count). The monoisotopic (exact) mass is 234 g/mol. The summed E-state index contributed by atoms with van der Waals surface area (Å²) in [5.41, 5.74) is 0. The lowest BCUT2D eigenvalue weighted by atomic mass is 10.1. The number of piperidine rings is 1. The van der Waals surface area contributed by atoms with E-state index in [-0.39, 0.29) is 5.91 Å². The van der Waals surface area contributed by atoms with Crippen molar-refractivity contribution in [3.8, 4) is 0 Å². The first-order valence-corrected chi connectivity index (χ1v) is 6.18. The quantitative estimate of drug-likeness (QED) is 0.866. The minimum atomic E-state index is -0.0370. The number of nitrogens with zero attached hydrogens (tertiary/aromatic N) is 3. The molecule has 0 aromatic carbocycles. The van der Waals surface area contributed by atoms with Crippen LogP contribution in [0.3, 0.4) is 0 Å². The molecule has 2 heterocycles. The molecule has 0 aliphatic carbocycles. The van der Waals surface area contributed by atoms with E-state index < -0.39 is 0 Å². The third-order valence-electron chi connectivity index (χ3n) is 2.92. The smallest absolute Gasteiger partial charge is 0.225 e. The Hall–Kier alpha value is -1.65. The van der Waals surface area contributed by atoms with Crippen molar-refractivity contribution in [2.24, 2.45) is 0 Å². The standard InChI is InChI=1S/C12H18N4O/c1-2-12(17)13-10-6-7-11(15-14-10)16-8-4-3-5-9-16/h6-7H,2-5,8-9H2,1H3,(H,13,14,17). The zero-order chi connectivity index (χ0) is 12.1. The van der Waals surface area contributed by atoms with Gasteiger partial charge in [0.25, 0.3) is 0 Å². The topological polar surface area (TPSA) is 58.1 Å². The van der Waals surface area contributed by atoms with Gasteiger partial charge in [-0.15, -0.1) is 10.2 Å². The van der Waals surface area contributed by atoms with Gasteiger partial charge in [-0.25, -0.2) is 0 Å². The highest BCUT2D eigenvalue weighted by atomic mass is 16.1. The summed E-state index contributed by atoms with van der Waals surface area (Å²) >= 11 is 0. The number of hydrogen-bond acceptors (Lipinski definition) is 4. The van der Waals surface area contributed by atoms with Crippen molar-refractivity contribution < 1.29 is 4.79 Å². The van der Waals surface area contributed by atoms with Gasteiger partial charge < -0.3 is 10.2 Å². The maximum atomic E-state index is 11.2. The van der Waals surface area contributed by atoms with Crippen LogP contribution in [0.5, 0.6) is 0 Å². The van der Waals surface area contributed by atoms with E-state index in [0.29, 0.717) is 12.2 Å². The maximum absolute atomic E-state index is 11.2. The largest absolute Gasteiger partial charge is 0.355 e. The molecule has 1 N–H and O–H groups in total. The molecule has 0 saturated carbocycles. The molecule has 5 nitrogen and oxygen atoms in total. The van der Waals surface area contributed by atoms with Crippen LogP contribution >= 0.6 is 0 Å². The predicted octanol–water partition coefficient (Wildman–Crippen LogP) is 1.82. The van der Waals surface area contributed by atoms with Crippen molar-refractivity contribution >= 4 is 17.5 Å². The molecular formula is C12H18N4O. The van der Waals surface area contributed by atoms with E-state index in [2.05, 4.69) is 20.4 Å².